The molecule has 1 atom stereocenters. The van der Waals surface area contributed by atoms with Gasteiger partial charge >= 0.3 is 0 Å². The van der Waals surface area contributed by atoms with Crippen molar-refractivity contribution in [1.29, 1.82) is 0 Å². The molecule has 0 spiro atoms. The molecule has 2 heterocycles. The molecule has 0 unspecified atom stereocenters. The number of nitrogens with zero attached hydrogens (tertiary/aromatic N) is 4. The number of amides is 1. The van der Waals surface area contributed by atoms with E-state index in [0.717, 1.165) is 11.4 Å². The number of halogens is 2. The Morgan fingerprint density at radius 2 is 1.84 bits per heavy atom. The van der Waals surface area contributed by atoms with Gasteiger partial charge in [0.15, 0.2) is 0 Å². The molecule has 3 aromatic rings. The average molecular weight is 396 g/mol. The summed E-state index contributed by atoms with van der Waals surface area (Å²) < 4.78 is 1.66. The van der Waals surface area contributed by atoms with Crippen LogP contribution < -0.4 is 5.32 Å². The van der Waals surface area contributed by atoms with E-state index in [1.165, 1.54) is 11.8 Å². The van der Waals surface area contributed by atoms with Crippen molar-refractivity contribution in [2.24, 2.45) is 0 Å². The number of aryl methyl sites for hydroxylation is 2. The summed E-state index contributed by atoms with van der Waals surface area (Å²) in [5.41, 5.74) is 2.36. The fourth-order valence-corrected chi connectivity index (χ4v) is 3.55. The van der Waals surface area contributed by atoms with Crippen LogP contribution in [0.4, 0.5) is 5.69 Å². The molecule has 1 aromatic carbocycles. The summed E-state index contributed by atoms with van der Waals surface area (Å²) >= 11 is 13.1. The van der Waals surface area contributed by atoms with E-state index < -0.39 is 5.25 Å². The second-order valence-corrected chi connectivity index (χ2v) is 7.73. The van der Waals surface area contributed by atoms with E-state index in [2.05, 4.69) is 20.4 Å². The Morgan fingerprint density at radius 1 is 1.16 bits per heavy atom. The molecule has 0 aliphatic heterocycles. The number of rotatable bonds is 4. The maximum Gasteiger partial charge on any atom is 0.253 e. The van der Waals surface area contributed by atoms with E-state index in [-0.39, 0.29) is 5.91 Å². The molecule has 0 fully saturated rings. The predicted molar refractivity (Wildman–Crippen MR) is 101 cm³/mol. The van der Waals surface area contributed by atoms with Gasteiger partial charge in [-0.1, -0.05) is 35.0 Å². The molecule has 3 rings (SSSR count). The lowest BCUT2D eigenvalue weighted by Crippen LogP contribution is -2.22. The molecule has 6 nitrogen and oxygen atoms in total. The standard InChI is InChI=1S/C16H15Cl2N5OS/c1-8-4-9(2)23-15(19-8)21-16(22-23)25-10(3)14(24)20-13-6-11(17)5-12(18)7-13/h4-7,10H,1-3H3,(H,20,24)/t10-/m1/s1. The molecule has 0 bridgehead atoms. The number of anilines is 1. The molecule has 2 aromatic heterocycles. The van der Waals surface area contributed by atoms with Crippen LogP contribution in [0.15, 0.2) is 29.4 Å². The summed E-state index contributed by atoms with van der Waals surface area (Å²) in [5, 5.41) is 8.19. The molecule has 0 radical (unpaired) electrons. The molecule has 1 amide bonds. The zero-order valence-electron chi connectivity index (χ0n) is 13.7. The Morgan fingerprint density at radius 3 is 2.52 bits per heavy atom. The second-order valence-electron chi connectivity index (χ2n) is 5.55. The summed E-state index contributed by atoms with van der Waals surface area (Å²) in [6, 6.07) is 6.81. The first kappa shape index (κ1) is 18.0. The molecular formula is C16H15Cl2N5OS. The van der Waals surface area contributed by atoms with E-state index in [0.29, 0.717) is 26.7 Å². The lowest BCUT2D eigenvalue weighted by molar-refractivity contribution is -0.115. The molecule has 130 valence electrons. The highest BCUT2D eigenvalue weighted by Gasteiger charge is 2.18. The zero-order chi connectivity index (χ0) is 18.1. The normalized spacial score (nSPS) is 12.4. The Bertz CT molecular complexity index is 939. The van der Waals surface area contributed by atoms with Crippen molar-refractivity contribution in [3.05, 3.63) is 45.7 Å². The highest BCUT2D eigenvalue weighted by atomic mass is 35.5. The SMILES string of the molecule is Cc1cc(C)n2nc(S[C@H](C)C(=O)Nc3cc(Cl)cc(Cl)c3)nc2n1. The number of nitrogens with one attached hydrogen (secondary N) is 1. The van der Waals surface area contributed by atoms with Crippen LogP contribution in [-0.2, 0) is 4.79 Å². The fraction of sp³-hybridized carbons (Fsp3) is 0.250. The third-order valence-electron chi connectivity index (χ3n) is 3.38. The van der Waals surface area contributed by atoms with Crippen molar-refractivity contribution in [1.82, 2.24) is 19.6 Å². The Kier molecular flexibility index (Phi) is 5.17. The molecule has 0 saturated heterocycles. The largest absolute Gasteiger partial charge is 0.325 e. The van der Waals surface area contributed by atoms with Gasteiger partial charge in [0.2, 0.25) is 11.1 Å². The van der Waals surface area contributed by atoms with Crippen LogP contribution in [0.2, 0.25) is 10.0 Å². The van der Waals surface area contributed by atoms with Crippen molar-refractivity contribution < 1.29 is 4.79 Å². The monoisotopic (exact) mass is 395 g/mol. The summed E-state index contributed by atoms with van der Waals surface area (Å²) in [6.45, 7) is 5.62. The molecule has 0 aliphatic rings. The zero-order valence-corrected chi connectivity index (χ0v) is 16.1. The van der Waals surface area contributed by atoms with Gasteiger partial charge in [0.05, 0.1) is 5.25 Å². The van der Waals surface area contributed by atoms with Crippen LogP contribution in [0.5, 0.6) is 0 Å². The third-order valence-corrected chi connectivity index (χ3v) is 4.77. The van der Waals surface area contributed by atoms with Crippen molar-refractivity contribution in [2.75, 3.05) is 5.32 Å². The third kappa shape index (κ3) is 4.23. The van der Waals surface area contributed by atoms with Crippen molar-refractivity contribution in [2.45, 2.75) is 31.2 Å². The van der Waals surface area contributed by atoms with Gasteiger partial charge < -0.3 is 5.32 Å². The maximum absolute atomic E-state index is 12.4. The number of fused-ring (bicyclic) bond motifs is 1. The van der Waals surface area contributed by atoms with Gasteiger partial charge in [-0.2, -0.15) is 4.98 Å². The first-order chi connectivity index (χ1) is 11.8. The summed E-state index contributed by atoms with van der Waals surface area (Å²) in [4.78, 5) is 21.1. The van der Waals surface area contributed by atoms with Gasteiger partial charge in [-0.3, -0.25) is 4.79 Å². The molecule has 1 N–H and O–H groups in total. The van der Waals surface area contributed by atoms with Crippen LogP contribution in [-0.4, -0.2) is 30.7 Å². The quantitative estimate of drug-likeness (QED) is 0.671. The average Bonchev–Trinajstić information content (AvgIpc) is 2.88. The van der Waals surface area contributed by atoms with E-state index in [9.17, 15) is 4.79 Å². The van der Waals surface area contributed by atoms with E-state index >= 15 is 0 Å². The second kappa shape index (κ2) is 7.19. The smallest absolute Gasteiger partial charge is 0.253 e. The lowest BCUT2D eigenvalue weighted by Gasteiger charge is -2.10. The Labute approximate surface area is 158 Å². The van der Waals surface area contributed by atoms with Crippen LogP contribution in [0, 0.1) is 13.8 Å². The minimum absolute atomic E-state index is 0.192. The minimum atomic E-state index is -0.406. The summed E-state index contributed by atoms with van der Waals surface area (Å²) in [7, 11) is 0. The van der Waals surface area contributed by atoms with Gasteiger partial charge in [0.1, 0.15) is 0 Å². The van der Waals surface area contributed by atoms with Gasteiger partial charge in [-0.05, 0) is 45.0 Å². The topological polar surface area (TPSA) is 72.2 Å². The van der Waals surface area contributed by atoms with E-state index in [1.807, 2.05) is 19.9 Å². The van der Waals surface area contributed by atoms with Gasteiger partial charge in [-0.15, -0.1) is 5.10 Å². The molecule has 9 heteroatoms. The van der Waals surface area contributed by atoms with Crippen LogP contribution in [0.3, 0.4) is 0 Å². The van der Waals surface area contributed by atoms with Crippen molar-refractivity contribution >= 4 is 52.3 Å². The Hall–Kier alpha value is -1.83. The van der Waals surface area contributed by atoms with Crippen LogP contribution in [0.1, 0.15) is 18.3 Å². The molecule has 0 aliphatic carbocycles. The highest BCUT2D eigenvalue weighted by Crippen LogP contribution is 2.25. The number of aromatic nitrogens is 4. The first-order valence-corrected chi connectivity index (χ1v) is 9.10. The van der Waals surface area contributed by atoms with Crippen molar-refractivity contribution in [3.8, 4) is 0 Å². The summed E-state index contributed by atoms with van der Waals surface area (Å²) in [6.07, 6.45) is 0. The number of benzene rings is 1. The number of carbonyl (C=O) groups is 1. The number of carbonyl (C=O) groups excluding carboxylic acids is 1. The molecular weight excluding hydrogens is 381 g/mol. The predicted octanol–water partition coefficient (Wildman–Crippen LogP) is 4.17. The van der Waals surface area contributed by atoms with Crippen molar-refractivity contribution in [3.63, 3.8) is 0 Å². The number of hydrogen-bond acceptors (Lipinski definition) is 5. The van der Waals surface area contributed by atoms with Crippen LogP contribution >= 0.6 is 35.0 Å². The number of thioether (sulfide) groups is 1. The molecule has 0 saturated carbocycles. The van der Waals surface area contributed by atoms with Gasteiger partial charge in [0, 0.05) is 27.1 Å². The van der Waals surface area contributed by atoms with Crippen LogP contribution in [0.25, 0.3) is 5.78 Å². The first-order valence-electron chi connectivity index (χ1n) is 7.46. The highest BCUT2D eigenvalue weighted by molar-refractivity contribution is 8.00. The summed E-state index contributed by atoms with van der Waals surface area (Å²) in [5.74, 6) is 0.331. The number of hydrogen-bond donors (Lipinski definition) is 1. The van der Waals surface area contributed by atoms with Gasteiger partial charge in [-0.25, -0.2) is 9.50 Å². The fourth-order valence-electron chi connectivity index (χ4n) is 2.28. The molecule has 25 heavy (non-hydrogen) atoms. The van der Waals surface area contributed by atoms with E-state index in [4.69, 9.17) is 23.2 Å². The van der Waals surface area contributed by atoms with Gasteiger partial charge in [0.25, 0.3) is 5.78 Å². The Balaban J connectivity index is 1.74. The maximum atomic E-state index is 12.4. The van der Waals surface area contributed by atoms with E-state index in [1.54, 1.807) is 29.6 Å². The minimum Gasteiger partial charge on any atom is -0.325 e. The lowest BCUT2D eigenvalue weighted by atomic mass is 10.3.